The summed E-state index contributed by atoms with van der Waals surface area (Å²) in [6, 6.07) is 0.492. The molecule has 7 heteroatoms. The third-order valence-electron chi connectivity index (χ3n) is 4.37. The maximum atomic E-state index is 12.7. The number of nitrogens with one attached hydrogen (secondary N) is 1. The van der Waals surface area contributed by atoms with Crippen LogP contribution in [0.15, 0.2) is 23.5 Å². The Morgan fingerprint density at radius 3 is 2.86 bits per heavy atom. The first kappa shape index (κ1) is 13.2. The highest BCUT2D eigenvalue weighted by molar-refractivity contribution is 5.63. The third-order valence-corrected chi connectivity index (χ3v) is 4.37. The molecule has 0 aromatic carbocycles. The molecule has 7 nitrogen and oxygen atoms in total. The first-order valence-corrected chi connectivity index (χ1v) is 7.65. The van der Waals surface area contributed by atoms with Gasteiger partial charge in [0.2, 0.25) is 0 Å². The van der Waals surface area contributed by atoms with E-state index in [1.165, 1.54) is 30.1 Å². The molecule has 0 radical (unpaired) electrons. The maximum absolute atomic E-state index is 12.7. The molecule has 0 bridgehead atoms. The Bertz CT molecular complexity index is 883. The molecule has 0 atom stereocenters. The molecule has 3 aromatic rings. The highest BCUT2D eigenvalue weighted by Gasteiger charge is 2.23. The second-order valence-electron chi connectivity index (χ2n) is 6.15. The smallest absolute Gasteiger partial charge is 0.278 e. The van der Waals surface area contributed by atoms with Gasteiger partial charge in [-0.2, -0.15) is 9.61 Å². The molecule has 4 rings (SSSR count). The average Bonchev–Trinajstić information content (AvgIpc) is 3.04. The number of hydrogen-bond donors (Lipinski definition) is 1. The Morgan fingerprint density at radius 1 is 1.36 bits per heavy atom. The summed E-state index contributed by atoms with van der Waals surface area (Å²) in [5.41, 5.74) is 2.18. The summed E-state index contributed by atoms with van der Waals surface area (Å²) < 4.78 is 3.38. The van der Waals surface area contributed by atoms with E-state index in [1.54, 1.807) is 6.20 Å². The molecule has 114 valence electrons. The van der Waals surface area contributed by atoms with E-state index in [4.69, 9.17) is 0 Å². The second kappa shape index (κ2) is 4.79. The van der Waals surface area contributed by atoms with Gasteiger partial charge in [-0.1, -0.05) is 13.8 Å². The first-order valence-electron chi connectivity index (χ1n) is 7.65. The van der Waals surface area contributed by atoms with E-state index in [-0.39, 0.29) is 11.5 Å². The van der Waals surface area contributed by atoms with Crippen LogP contribution in [0.5, 0.6) is 0 Å². The Kier molecular flexibility index (Phi) is 2.88. The molecule has 0 saturated heterocycles. The molecule has 0 unspecified atom stereocenters. The highest BCUT2D eigenvalue weighted by Crippen LogP contribution is 2.32. The van der Waals surface area contributed by atoms with Crippen LogP contribution >= 0.6 is 0 Å². The molecule has 1 N–H and O–H groups in total. The Balaban J connectivity index is 1.90. The van der Waals surface area contributed by atoms with Gasteiger partial charge >= 0.3 is 0 Å². The van der Waals surface area contributed by atoms with Crippen molar-refractivity contribution < 1.29 is 0 Å². The zero-order valence-electron chi connectivity index (χ0n) is 12.7. The molecule has 0 amide bonds. The highest BCUT2D eigenvalue weighted by atomic mass is 16.1. The van der Waals surface area contributed by atoms with E-state index in [0.717, 1.165) is 5.56 Å². The number of fused-ring (bicyclic) bond motifs is 1. The van der Waals surface area contributed by atoms with E-state index in [1.807, 2.05) is 24.7 Å². The van der Waals surface area contributed by atoms with Crippen LogP contribution in [0.25, 0.3) is 17.0 Å². The van der Waals surface area contributed by atoms with Gasteiger partial charge in [-0.05, 0) is 25.2 Å². The summed E-state index contributed by atoms with van der Waals surface area (Å²) in [6.45, 7) is 4.00. The van der Waals surface area contributed by atoms with Gasteiger partial charge < -0.3 is 0 Å². The minimum Gasteiger partial charge on any atom is -0.278 e. The molecule has 1 aliphatic carbocycles. The molecule has 1 saturated carbocycles. The van der Waals surface area contributed by atoms with E-state index < -0.39 is 0 Å². The number of aromatic nitrogens is 6. The van der Waals surface area contributed by atoms with Crippen molar-refractivity contribution in [3.05, 3.63) is 34.6 Å². The number of aromatic amines is 1. The monoisotopic (exact) mass is 298 g/mol. The second-order valence-corrected chi connectivity index (χ2v) is 6.15. The zero-order valence-corrected chi connectivity index (χ0v) is 12.7. The largest absolute Gasteiger partial charge is 0.278 e. The Labute approximate surface area is 127 Å². The lowest BCUT2D eigenvalue weighted by molar-refractivity contribution is 0.289. The van der Waals surface area contributed by atoms with Crippen LogP contribution in [0.1, 0.15) is 50.6 Å². The van der Waals surface area contributed by atoms with Crippen molar-refractivity contribution in [3.8, 4) is 11.3 Å². The van der Waals surface area contributed by atoms with Crippen LogP contribution in [0.2, 0.25) is 0 Å². The fourth-order valence-corrected chi connectivity index (χ4v) is 2.92. The fraction of sp³-hybridized carbons (Fsp3) is 0.467. The number of H-pyrrole nitrogens is 1. The standard InChI is InChI=1S/C15H18N6O/c1-9(2)12-13(19-15-16-8-18-21(15)14(12)22)10-6-17-20(7-10)11-4-3-5-11/h6-9,11H,3-5H2,1-2H3,(H,16,18,19). The van der Waals surface area contributed by atoms with Crippen LogP contribution in [0.4, 0.5) is 0 Å². The van der Waals surface area contributed by atoms with Crippen molar-refractivity contribution in [1.82, 2.24) is 29.4 Å². The van der Waals surface area contributed by atoms with Crippen molar-refractivity contribution in [2.45, 2.75) is 45.1 Å². The van der Waals surface area contributed by atoms with Crippen molar-refractivity contribution >= 4 is 5.78 Å². The van der Waals surface area contributed by atoms with Gasteiger partial charge in [0.25, 0.3) is 11.3 Å². The van der Waals surface area contributed by atoms with Gasteiger partial charge in [0.1, 0.15) is 6.33 Å². The van der Waals surface area contributed by atoms with Crippen LogP contribution < -0.4 is 5.56 Å². The van der Waals surface area contributed by atoms with Crippen molar-refractivity contribution in [2.24, 2.45) is 0 Å². The maximum Gasteiger partial charge on any atom is 0.278 e. The molecular weight excluding hydrogens is 280 g/mol. The Morgan fingerprint density at radius 2 is 2.18 bits per heavy atom. The first-order chi connectivity index (χ1) is 10.6. The summed E-state index contributed by atoms with van der Waals surface area (Å²) in [5.74, 6) is 0.461. The van der Waals surface area contributed by atoms with Gasteiger partial charge in [0.15, 0.2) is 0 Å². The van der Waals surface area contributed by atoms with E-state index in [2.05, 4.69) is 20.2 Å². The summed E-state index contributed by atoms with van der Waals surface area (Å²) in [7, 11) is 0. The molecule has 22 heavy (non-hydrogen) atoms. The van der Waals surface area contributed by atoms with Gasteiger partial charge in [0, 0.05) is 17.3 Å². The number of hydrogen-bond acceptors (Lipinski definition) is 4. The molecule has 3 heterocycles. The SMILES string of the molecule is CC(C)c1c(-c2cnn(C3CCC3)c2)nc2nc[nH]n2c1=O. The van der Waals surface area contributed by atoms with E-state index in [0.29, 0.717) is 23.1 Å². The molecular formula is C15H18N6O. The third kappa shape index (κ3) is 1.88. The normalized spacial score (nSPS) is 15.6. The van der Waals surface area contributed by atoms with Crippen LogP contribution in [0.3, 0.4) is 0 Å². The van der Waals surface area contributed by atoms with E-state index in [9.17, 15) is 4.79 Å². The lowest BCUT2D eigenvalue weighted by atomic mass is 9.93. The van der Waals surface area contributed by atoms with Crippen LogP contribution in [-0.2, 0) is 0 Å². The van der Waals surface area contributed by atoms with Gasteiger partial charge in [0.05, 0.1) is 17.9 Å². The van der Waals surface area contributed by atoms with Crippen molar-refractivity contribution in [1.29, 1.82) is 0 Å². The number of nitrogens with zero attached hydrogens (tertiary/aromatic N) is 5. The van der Waals surface area contributed by atoms with Gasteiger partial charge in [-0.25, -0.2) is 9.97 Å². The van der Waals surface area contributed by atoms with Crippen LogP contribution in [0, 0.1) is 0 Å². The minimum absolute atomic E-state index is 0.0715. The predicted molar refractivity (Wildman–Crippen MR) is 81.8 cm³/mol. The zero-order chi connectivity index (χ0) is 15.3. The fourth-order valence-electron chi connectivity index (χ4n) is 2.92. The van der Waals surface area contributed by atoms with Gasteiger partial charge in [-0.15, -0.1) is 0 Å². The quantitative estimate of drug-likeness (QED) is 0.803. The minimum atomic E-state index is -0.0936. The summed E-state index contributed by atoms with van der Waals surface area (Å²) in [4.78, 5) is 21.3. The Hall–Kier alpha value is -2.44. The van der Waals surface area contributed by atoms with E-state index >= 15 is 0 Å². The molecule has 0 aliphatic heterocycles. The summed E-state index contributed by atoms with van der Waals surface area (Å²) in [6.07, 6.45) is 8.89. The van der Waals surface area contributed by atoms with Crippen molar-refractivity contribution in [2.75, 3.05) is 0 Å². The summed E-state index contributed by atoms with van der Waals surface area (Å²) in [5, 5.41) is 7.27. The lowest BCUT2D eigenvalue weighted by Gasteiger charge is -2.25. The van der Waals surface area contributed by atoms with Crippen LogP contribution in [-0.4, -0.2) is 29.4 Å². The average molecular weight is 298 g/mol. The lowest BCUT2D eigenvalue weighted by Crippen LogP contribution is -2.22. The molecule has 0 spiro atoms. The van der Waals surface area contributed by atoms with Gasteiger partial charge in [-0.3, -0.25) is 14.6 Å². The van der Waals surface area contributed by atoms with Crippen molar-refractivity contribution in [3.63, 3.8) is 0 Å². The number of rotatable bonds is 3. The predicted octanol–water partition coefficient (Wildman–Crippen LogP) is 2.13. The summed E-state index contributed by atoms with van der Waals surface area (Å²) >= 11 is 0. The molecule has 1 aliphatic rings. The molecule has 1 fully saturated rings. The molecule has 3 aromatic heterocycles. The topological polar surface area (TPSA) is 80.9 Å².